The third-order valence-electron chi connectivity index (χ3n) is 14.6. The molecule has 76 heavy (non-hydrogen) atoms. The first-order valence-corrected chi connectivity index (χ1v) is 25.9. The average Bonchev–Trinajstić information content (AvgIpc) is 3.72. The van der Waals surface area contributed by atoms with Crippen molar-refractivity contribution in [2.75, 3.05) is 11.6 Å². The Labute approximate surface area is 447 Å². The second-order valence-electron chi connectivity index (χ2n) is 19.8. The molecule has 10 aromatic rings. The smallest absolute Gasteiger partial charge is 0.158 e. The zero-order valence-corrected chi connectivity index (χ0v) is 43.7. The first-order valence-electron chi connectivity index (χ1n) is 25.9. The fourth-order valence-electron chi connectivity index (χ4n) is 10.5. The molecule has 0 spiro atoms. The van der Waals surface area contributed by atoms with E-state index in [9.17, 15) is 0 Å². The Morgan fingerprint density at radius 3 is 1.96 bits per heavy atom. The second kappa shape index (κ2) is 22.0. The van der Waals surface area contributed by atoms with Gasteiger partial charge in [0.2, 0.25) is 0 Å². The number of aryl methyl sites for hydroxylation is 1. The molecular formula is C71H62N4O. The minimum Gasteiger partial charge on any atom is -0.508 e. The summed E-state index contributed by atoms with van der Waals surface area (Å²) in [6.07, 6.45) is 10.8. The number of nitrogens with zero attached hydrogens (tertiary/aromatic N) is 3. The molecule has 0 saturated carbocycles. The summed E-state index contributed by atoms with van der Waals surface area (Å²) in [4.78, 5) is 12.9. The minimum atomic E-state index is -0.130. The van der Waals surface area contributed by atoms with E-state index in [2.05, 4.69) is 207 Å². The van der Waals surface area contributed by atoms with Crippen LogP contribution in [0.3, 0.4) is 0 Å². The molecule has 0 aromatic heterocycles. The number of phenolic OH excluding ortho intramolecular Hbond substituents is 1. The van der Waals surface area contributed by atoms with Crippen LogP contribution in [0.4, 0.5) is 5.69 Å². The molecular weight excluding hydrogens is 925 g/mol. The molecule has 5 heteroatoms. The summed E-state index contributed by atoms with van der Waals surface area (Å²) in [5, 5.41) is 16.0. The molecule has 3 N–H and O–H groups in total. The van der Waals surface area contributed by atoms with Crippen LogP contribution in [-0.2, 0) is 11.8 Å². The number of amidine groups is 2. The summed E-state index contributed by atoms with van der Waals surface area (Å²) in [5.41, 5.74) is 22.3. The van der Waals surface area contributed by atoms with Crippen molar-refractivity contribution in [3.8, 4) is 28.0 Å². The maximum absolute atomic E-state index is 8.92. The fourth-order valence-corrected chi connectivity index (χ4v) is 10.5. The Balaban J connectivity index is 0.000000447. The van der Waals surface area contributed by atoms with Gasteiger partial charge in [0.15, 0.2) is 5.84 Å². The van der Waals surface area contributed by atoms with Crippen molar-refractivity contribution in [3.63, 3.8) is 0 Å². The zero-order valence-electron chi connectivity index (χ0n) is 43.7. The zero-order chi connectivity index (χ0) is 52.8. The highest BCUT2D eigenvalue weighted by Gasteiger charge is 2.37. The number of fused-ring (bicyclic) bond motifs is 9. The molecule has 0 bridgehead atoms. The number of aromatic hydroxyl groups is 1. The van der Waals surface area contributed by atoms with E-state index in [1.807, 2.05) is 56.3 Å². The lowest BCUT2D eigenvalue weighted by atomic mass is 9.81. The molecule has 1 aliphatic heterocycles. The number of hydrogen-bond acceptors (Lipinski definition) is 3. The number of aliphatic imine (C=N–C) groups is 2. The van der Waals surface area contributed by atoms with E-state index < -0.39 is 0 Å². The van der Waals surface area contributed by atoms with Crippen LogP contribution in [-0.4, -0.2) is 23.4 Å². The van der Waals surface area contributed by atoms with Gasteiger partial charge < -0.3 is 15.7 Å². The molecule has 2 aliphatic rings. The Morgan fingerprint density at radius 2 is 1.26 bits per heavy atom. The van der Waals surface area contributed by atoms with Crippen LogP contribution in [0.15, 0.2) is 254 Å². The molecule has 0 fully saturated rings. The summed E-state index contributed by atoms with van der Waals surface area (Å²) < 4.78 is 0. The van der Waals surface area contributed by atoms with E-state index in [0.717, 1.165) is 78.3 Å². The maximum Gasteiger partial charge on any atom is 0.158 e. The van der Waals surface area contributed by atoms with Crippen LogP contribution >= 0.6 is 0 Å². The quantitative estimate of drug-likeness (QED) is 0.0990. The van der Waals surface area contributed by atoms with Gasteiger partial charge in [0.05, 0.1) is 5.69 Å². The lowest BCUT2D eigenvalue weighted by Crippen LogP contribution is -2.25. The molecule has 0 amide bonds. The fraction of sp³-hybridized carbons (Fsp3) is 0.0986. The molecule has 0 radical (unpaired) electrons. The van der Waals surface area contributed by atoms with Crippen molar-refractivity contribution in [1.29, 1.82) is 0 Å². The average molecular weight is 987 g/mol. The SMILES string of the molecule is C=C/C=C\C.C=C1c2ccccc2/C=C\Cc2cccc(-c3ccc4c(c3)-c3c(ccc5ccccc35)C4(C)C)c2N1C/N=C(\N=C(N)c1ccc2ccccc2c1)c1ccc2ccccc2c1.Cc1ccccc1O. The van der Waals surface area contributed by atoms with E-state index in [-0.39, 0.29) is 12.1 Å². The van der Waals surface area contributed by atoms with Crippen molar-refractivity contribution in [2.24, 2.45) is 15.7 Å². The van der Waals surface area contributed by atoms with Gasteiger partial charge in [-0.15, -0.1) is 0 Å². The summed E-state index contributed by atoms with van der Waals surface area (Å²) in [6, 6.07) is 72.2. The lowest BCUT2D eigenvalue weighted by molar-refractivity contribution is 0.471. The van der Waals surface area contributed by atoms with Crippen LogP contribution in [0, 0.1) is 6.92 Å². The second-order valence-corrected chi connectivity index (χ2v) is 19.8. The first-order chi connectivity index (χ1) is 37.0. The molecule has 1 heterocycles. The standard InChI is InChI=1S/C59H46N4.C7H8O.C5H8/c1-38-49-23-10-8-16-41(49)20-12-21-43-22-13-25-51(46-31-32-53-52(36-46)55-50-24-11-9-17-42(50)30-33-54(55)59(53,2)3)56(43)63(38)37-61-58(48-29-27-40-15-5-7-19-45(40)35-48)62-57(60)47-28-26-39-14-4-6-18-44(39)34-47;1-6-4-2-3-5-7(6)8;1-3-5-4-2/h4-20,22-36H,1,21,37H2,2-3H3,(H2,60,61,62);2-5,8H,1H3;3-5H,1H2,2H3/b20-12-;;5-4-. The van der Waals surface area contributed by atoms with Gasteiger partial charge in [-0.3, -0.25) is 0 Å². The number of nitrogens with two attached hydrogens (primary N) is 1. The number of allylic oxidation sites excluding steroid dienone is 4. The summed E-state index contributed by atoms with van der Waals surface area (Å²) in [6.45, 7) is 17.1. The number of benzene rings is 10. The monoisotopic (exact) mass is 986 g/mol. The molecule has 372 valence electrons. The van der Waals surface area contributed by atoms with Crippen LogP contribution in [0.5, 0.6) is 5.75 Å². The molecule has 12 rings (SSSR count). The Bertz CT molecular complexity index is 3940. The maximum atomic E-state index is 8.92. The highest BCUT2D eigenvalue weighted by molar-refractivity contribution is 6.13. The van der Waals surface area contributed by atoms with Gasteiger partial charge in [0.1, 0.15) is 18.3 Å². The summed E-state index contributed by atoms with van der Waals surface area (Å²) in [7, 11) is 0. The van der Waals surface area contributed by atoms with E-state index in [1.54, 1.807) is 12.1 Å². The Morgan fingerprint density at radius 1 is 0.645 bits per heavy atom. The van der Waals surface area contributed by atoms with Crippen LogP contribution < -0.4 is 10.6 Å². The topological polar surface area (TPSA) is 74.2 Å². The highest BCUT2D eigenvalue weighted by atomic mass is 16.3. The Kier molecular flexibility index (Phi) is 14.6. The number of rotatable bonds is 6. The lowest BCUT2D eigenvalue weighted by Gasteiger charge is -2.30. The van der Waals surface area contributed by atoms with Gasteiger partial charge in [-0.05, 0) is 121 Å². The molecule has 5 nitrogen and oxygen atoms in total. The van der Waals surface area contributed by atoms with Gasteiger partial charge in [0.25, 0.3) is 0 Å². The minimum absolute atomic E-state index is 0.130. The molecule has 1 aliphatic carbocycles. The van der Waals surface area contributed by atoms with Crippen molar-refractivity contribution in [1.82, 2.24) is 0 Å². The van der Waals surface area contributed by atoms with Crippen LogP contribution in [0.2, 0.25) is 0 Å². The number of phenols is 1. The third kappa shape index (κ3) is 10.2. The van der Waals surface area contributed by atoms with E-state index in [0.29, 0.717) is 17.4 Å². The number of hydrogen-bond donors (Lipinski definition) is 2. The predicted molar refractivity (Wildman–Crippen MR) is 326 cm³/mol. The molecule has 0 atom stereocenters. The van der Waals surface area contributed by atoms with E-state index in [1.165, 1.54) is 38.6 Å². The molecule has 0 unspecified atom stereocenters. The number of para-hydroxylation sites is 2. The largest absolute Gasteiger partial charge is 0.508 e. The van der Waals surface area contributed by atoms with Crippen molar-refractivity contribution in [3.05, 3.63) is 288 Å². The van der Waals surface area contributed by atoms with E-state index in [4.69, 9.17) is 27.4 Å². The predicted octanol–water partition coefficient (Wildman–Crippen LogP) is 17.4. The normalized spacial score (nSPS) is 14.0. The first kappa shape index (κ1) is 50.2. The van der Waals surface area contributed by atoms with Gasteiger partial charge in [0, 0.05) is 33.4 Å². The van der Waals surface area contributed by atoms with Crippen molar-refractivity contribution >= 4 is 61.4 Å². The number of anilines is 1. The van der Waals surface area contributed by atoms with Gasteiger partial charge in [-0.1, -0.05) is 239 Å². The van der Waals surface area contributed by atoms with Crippen LogP contribution in [0.1, 0.15) is 65.3 Å². The molecule has 0 saturated heterocycles. The third-order valence-corrected chi connectivity index (χ3v) is 14.6. The van der Waals surface area contributed by atoms with E-state index >= 15 is 0 Å². The summed E-state index contributed by atoms with van der Waals surface area (Å²) in [5.74, 6) is 1.32. The van der Waals surface area contributed by atoms with Crippen molar-refractivity contribution < 1.29 is 5.11 Å². The Hall–Kier alpha value is -9.32. The molecule has 10 aromatic carbocycles. The highest BCUT2D eigenvalue weighted by Crippen LogP contribution is 2.53. The van der Waals surface area contributed by atoms with Crippen molar-refractivity contribution in [2.45, 2.75) is 39.5 Å². The summed E-state index contributed by atoms with van der Waals surface area (Å²) >= 11 is 0. The van der Waals surface area contributed by atoms with Gasteiger partial charge >= 0.3 is 0 Å². The van der Waals surface area contributed by atoms with Crippen LogP contribution in [0.25, 0.3) is 66.3 Å². The van der Waals surface area contributed by atoms with Gasteiger partial charge in [-0.2, -0.15) is 0 Å². The van der Waals surface area contributed by atoms with Gasteiger partial charge in [-0.25, -0.2) is 9.98 Å².